The van der Waals surface area contributed by atoms with Gasteiger partial charge in [0.05, 0.1) is 0 Å². The quantitative estimate of drug-likeness (QED) is 0.711. The zero-order chi connectivity index (χ0) is 17.4. The summed E-state index contributed by atoms with van der Waals surface area (Å²) in [5.41, 5.74) is 3.04. The second-order valence-electron chi connectivity index (χ2n) is 7.09. The summed E-state index contributed by atoms with van der Waals surface area (Å²) in [6.07, 6.45) is 6.55. The van der Waals surface area contributed by atoms with Gasteiger partial charge in [0.1, 0.15) is 0 Å². The molecule has 24 heavy (non-hydrogen) atoms. The summed E-state index contributed by atoms with van der Waals surface area (Å²) in [7, 11) is 0. The minimum Gasteiger partial charge on any atom is -0.396 e. The number of amides is 1. The van der Waals surface area contributed by atoms with Gasteiger partial charge in [-0.15, -0.1) is 0 Å². The largest absolute Gasteiger partial charge is 0.396 e. The van der Waals surface area contributed by atoms with Crippen LogP contribution in [-0.2, 0) is 0 Å². The number of hydrogen-bond acceptors (Lipinski definition) is 3. The van der Waals surface area contributed by atoms with Crippen LogP contribution >= 0.6 is 0 Å². The molecule has 0 aliphatic carbocycles. The Bertz CT molecular complexity index is 530. The third-order valence-corrected chi connectivity index (χ3v) is 4.82. The van der Waals surface area contributed by atoms with E-state index in [9.17, 15) is 4.79 Å². The lowest BCUT2D eigenvalue weighted by atomic mass is 9.99. The third kappa shape index (κ3) is 5.52. The fourth-order valence-corrected chi connectivity index (χ4v) is 3.36. The summed E-state index contributed by atoms with van der Waals surface area (Å²) in [6, 6.07) is 5.99. The van der Waals surface area contributed by atoms with Crippen molar-refractivity contribution >= 4 is 11.6 Å². The normalized spacial score (nSPS) is 17.8. The Labute approximate surface area is 146 Å². The van der Waals surface area contributed by atoms with Crippen molar-refractivity contribution in [2.24, 2.45) is 5.92 Å². The smallest absolute Gasteiger partial charge is 0.253 e. The van der Waals surface area contributed by atoms with Gasteiger partial charge in [0.2, 0.25) is 0 Å². The number of aliphatic hydroxyl groups excluding tert-OH is 1. The molecule has 1 aromatic rings. The first-order chi connectivity index (χ1) is 11.6. The number of aryl methyl sites for hydroxylation is 1. The minimum atomic E-state index is 0.167. The molecule has 1 aliphatic rings. The monoisotopic (exact) mass is 332 g/mol. The SMILES string of the molecule is Cc1cc(C(=O)N2CCCC(C)C2)ccc1NCCCCCCO. The first-order valence-corrected chi connectivity index (χ1v) is 9.36. The summed E-state index contributed by atoms with van der Waals surface area (Å²) < 4.78 is 0. The highest BCUT2D eigenvalue weighted by Gasteiger charge is 2.22. The standard InChI is InChI=1S/C20H32N2O2/c1-16-8-7-12-22(15-16)20(24)18-9-10-19(17(2)14-18)21-11-5-3-4-6-13-23/h9-10,14,16,21,23H,3-8,11-13,15H2,1-2H3. The fourth-order valence-electron chi connectivity index (χ4n) is 3.36. The average molecular weight is 332 g/mol. The Morgan fingerprint density at radius 1 is 1.29 bits per heavy atom. The lowest BCUT2D eigenvalue weighted by molar-refractivity contribution is 0.0683. The number of aliphatic hydroxyl groups is 1. The zero-order valence-electron chi connectivity index (χ0n) is 15.2. The number of benzene rings is 1. The van der Waals surface area contributed by atoms with E-state index in [2.05, 4.69) is 19.2 Å². The van der Waals surface area contributed by atoms with Gasteiger partial charge in [-0.05, 0) is 62.3 Å². The molecule has 0 bridgehead atoms. The second-order valence-corrected chi connectivity index (χ2v) is 7.09. The van der Waals surface area contributed by atoms with E-state index in [1.807, 2.05) is 23.1 Å². The van der Waals surface area contributed by atoms with E-state index < -0.39 is 0 Å². The molecule has 1 amide bonds. The van der Waals surface area contributed by atoms with E-state index in [-0.39, 0.29) is 12.5 Å². The predicted octanol–water partition coefficient (Wildman–Crippen LogP) is 3.83. The minimum absolute atomic E-state index is 0.167. The van der Waals surface area contributed by atoms with E-state index in [0.29, 0.717) is 5.92 Å². The molecule has 1 fully saturated rings. The predicted molar refractivity (Wildman–Crippen MR) is 99.5 cm³/mol. The van der Waals surface area contributed by atoms with Gasteiger partial charge in [0, 0.05) is 37.5 Å². The number of piperidine rings is 1. The highest BCUT2D eigenvalue weighted by molar-refractivity contribution is 5.95. The molecule has 1 atom stereocenters. The Kier molecular flexibility index (Phi) is 7.57. The van der Waals surface area contributed by atoms with Gasteiger partial charge in [-0.3, -0.25) is 4.79 Å². The van der Waals surface area contributed by atoms with Crippen LogP contribution in [0.5, 0.6) is 0 Å². The number of rotatable bonds is 8. The Morgan fingerprint density at radius 2 is 2.08 bits per heavy atom. The van der Waals surface area contributed by atoms with E-state index in [1.165, 1.54) is 6.42 Å². The molecule has 0 saturated carbocycles. The van der Waals surface area contributed by atoms with E-state index in [0.717, 1.165) is 68.6 Å². The van der Waals surface area contributed by atoms with Crippen LogP contribution in [0.1, 0.15) is 61.4 Å². The van der Waals surface area contributed by atoms with Crippen molar-refractivity contribution in [2.75, 3.05) is 31.6 Å². The Morgan fingerprint density at radius 3 is 2.79 bits per heavy atom. The van der Waals surface area contributed by atoms with Crippen molar-refractivity contribution in [1.29, 1.82) is 0 Å². The van der Waals surface area contributed by atoms with E-state index in [1.54, 1.807) is 0 Å². The number of carbonyl (C=O) groups excluding carboxylic acids is 1. The van der Waals surface area contributed by atoms with Crippen molar-refractivity contribution in [3.05, 3.63) is 29.3 Å². The maximum Gasteiger partial charge on any atom is 0.253 e. The molecule has 1 saturated heterocycles. The van der Waals surface area contributed by atoms with Crippen LogP contribution in [0.15, 0.2) is 18.2 Å². The van der Waals surface area contributed by atoms with Gasteiger partial charge in [-0.25, -0.2) is 0 Å². The van der Waals surface area contributed by atoms with Crippen LogP contribution in [-0.4, -0.2) is 42.2 Å². The van der Waals surface area contributed by atoms with Gasteiger partial charge < -0.3 is 15.3 Å². The van der Waals surface area contributed by atoms with Crippen LogP contribution in [0, 0.1) is 12.8 Å². The number of nitrogens with one attached hydrogen (secondary N) is 1. The van der Waals surface area contributed by atoms with Crippen molar-refractivity contribution < 1.29 is 9.90 Å². The van der Waals surface area contributed by atoms with Gasteiger partial charge in [-0.2, -0.15) is 0 Å². The molecule has 4 nitrogen and oxygen atoms in total. The number of carbonyl (C=O) groups is 1. The van der Waals surface area contributed by atoms with Crippen molar-refractivity contribution in [1.82, 2.24) is 4.90 Å². The summed E-state index contributed by atoms with van der Waals surface area (Å²) in [5, 5.41) is 12.2. The molecule has 2 rings (SSSR count). The second kappa shape index (κ2) is 9.67. The molecule has 2 N–H and O–H groups in total. The number of unbranched alkanes of at least 4 members (excludes halogenated alkanes) is 3. The maximum atomic E-state index is 12.7. The number of hydrogen-bond donors (Lipinski definition) is 2. The molecule has 1 unspecified atom stereocenters. The first-order valence-electron chi connectivity index (χ1n) is 9.36. The van der Waals surface area contributed by atoms with Crippen LogP contribution < -0.4 is 5.32 Å². The molecular formula is C20H32N2O2. The van der Waals surface area contributed by atoms with Crippen molar-refractivity contribution in [2.45, 2.75) is 52.4 Å². The fraction of sp³-hybridized carbons (Fsp3) is 0.650. The summed E-state index contributed by atoms with van der Waals surface area (Å²) in [6.45, 7) is 7.27. The molecule has 134 valence electrons. The molecule has 0 aromatic heterocycles. The lowest BCUT2D eigenvalue weighted by Crippen LogP contribution is -2.39. The van der Waals surface area contributed by atoms with Crippen LogP contribution in [0.4, 0.5) is 5.69 Å². The number of anilines is 1. The number of nitrogens with zero attached hydrogens (tertiary/aromatic N) is 1. The zero-order valence-corrected chi connectivity index (χ0v) is 15.2. The van der Waals surface area contributed by atoms with Crippen LogP contribution in [0.25, 0.3) is 0 Å². The topological polar surface area (TPSA) is 52.6 Å². The highest BCUT2D eigenvalue weighted by Crippen LogP contribution is 2.21. The summed E-state index contributed by atoms with van der Waals surface area (Å²) >= 11 is 0. The highest BCUT2D eigenvalue weighted by atomic mass is 16.2. The molecule has 1 aromatic carbocycles. The molecule has 0 spiro atoms. The summed E-state index contributed by atoms with van der Waals surface area (Å²) in [5.74, 6) is 0.774. The Balaban J connectivity index is 1.86. The maximum absolute atomic E-state index is 12.7. The molecule has 1 aliphatic heterocycles. The van der Waals surface area contributed by atoms with E-state index >= 15 is 0 Å². The number of likely N-dealkylation sites (tertiary alicyclic amines) is 1. The van der Waals surface area contributed by atoms with Gasteiger partial charge in [-0.1, -0.05) is 19.8 Å². The molecule has 4 heteroatoms. The third-order valence-electron chi connectivity index (χ3n) is 4.82. The Hall–Kier alpha value is -1.55. The van der Waals surface area contributed by atoms with E-state index in [4.69, 9.17) is 5.11 Å². The summed E-state index contributed by atoms with van der Waals surface area (Å²) in [4.78, 5) is 14.7. The van der Waals surface area contributed by atoms with Crippen molar-refractivity contribution in [3.8, 4) is 0 Å². The van der Waals surface area contributed by atoms with Gasteiger partial charge in [0.15, 0.2) is 0 Å². The first kappa shape index (κ1) is 18.8. The lowest BCUT2D eigenvalue weighted by Gasteiger charge is -2.31. The van der Waals surface area contributed by atoms with Crippen molar-refractivity contribution in [3.63, 3.8) is 0 Å². The van der Waals surface area contributed by atoms with Crippen LogP contribution in [0.2, 0.25) is 0 Å². The van der Waals surface area contributed by atoms with Crippen LogP contribution in [0.3, 0.4) is 0 Å². The molecular weight excluding hydrogens is 300 g/mol. The molecule has 0 radical (unpaired) electrons. The molecule has 1 heterocycles. The average Bonchev–Trinajstić information content (AvgIpc) is 2.58. The van der Waals surface area contributed by atoms with Gasteiger partial charge >= 0.3 is 0 Å². The van der Waals surface area contributed by atoms with Gasteiger partial charge in [0.25, 0.3) is 5.91 Å².